The van der Waals surface area contributed by atoms with Gasteiger partial charge in [-0.1, -0.05) is 41.6 Å². The first kappa shape index (κ1) is 19.0. The fourth-order valence-corrected chi connectivity index (χ4v) is 3.84. The summed E-state index contributed by atoms with van der Waals surface area (Å²) < 4.78 is 11.8. The summed E-state index contributed by atoms with van der Waals surface area (Å²) in [6.07, 6.45) is 0. The van der Waals surface area contributed by atoms with E-state index in [2.05, 4.69) is 4.74 Å². The molecule has 0 saturated heterocycles. The van der Waals surface area contributed by atoms with Gasteiger partial charge < -0.3 is 9.15 Å². The Morgan fingerprint density at radius 2 is 1.86 bits per heavy atom. The predicted octanol–water partition coefficient (Wildman–Crippen LogP) is 4.37. The van der Waals surface area contributed by atoms with E-state index in [-0.39, 0.29) is 11.3 Å². The fourth-order valence-electron chi connectivity index (χ4n) is 2.93. The zero-order chi connectivity index (χ0) is 20.4. The minimum atomic E-state index is -0.526. The number of esters is 1. The van der Waals surface area contributed by atoms with Gasteiger partial charge in [-0.2, -0.15) is 0 Å². The number of methoxy groups -OCH3 is 1. The highest BCUT2D eigenvalue weighted by molar-refractivity contribution is 7.98. The summed E-state index contributed by atoms with van der Waals surface area (Å²) in [5.41, 5.74) is 2.36. The summed E-state index contributed by atoms with van der Waals surface area (Å²) in [5.74, 6) is 0.619. The van der Waals surface area contributed by atoms with E-state index in [0.717, 1.165) is 11.3 Å². The average molecular weight is 406 g/mol. The van der Waals surface area contributed by atoms with Gasteiger partial charge in [-0.15, -0.1) is 0 Å². The number of furan rings is 1. The van der Waals surface area contributed by atoms with Crippen LogP contribution in [0.4, 0.5) is 0 Å². The molecule has 29 heavy (non-hydrogen) atoms. The van der Waals surface area contributed by atoms with Crippen molar-refractivity contribution in [3.05, 3.63) is 88.1 Å². The molecule has 0 spiro atoms. The van der Waals surface area contributed by atoms with Gasteiger partial charge in [-0.25, -0.2) is 9.78 Å². The number of benzene rings is 2. The van der Waals surface area contributed by atoms with Crippen LogP contribution in [-0.2, 0) is 10.5 Å². The van der Waals surface area contributed by atoms with Gasteiger partial charge in [0.1, 0.15) is 5.76 Å². The molecule has 0 radical (unpaired) electrons. The maximum Gasteiger partial charge on any atom is 0.373 e. The van der Waals surface area contributed by atoms with Crippen LogP contribution in [0.15, 0.2) is 75.0 Å². The number of carbonyl (C=O) groups excluding carboxylic acids is 1. The summed E-state index contributed by atoms with van der Waals surface area (Å²) in [6, 6.07) is 18.3. The molecule has 0 atom stereocenters. The Bertz CT molecular complexity index is 1240. The molecule has 0 fully saturated rings. The van der Waals surface area contributed by atoms with Gasteiger partial charge in [0, 0.05) is 0 Å². The number of thioether (sulfide) groups is 1. The van der Waals surface area contributed by atoms with Gasteiger partial charge in [-0.05, 0) is 43.3 Å². The van der Waals surface area contributed by atoms with Gasteiger partial charge in [0.25, 0.3) is 5.56 Å². The van der Waals surface area contributed by atoms with Crippen LogP contribution in [0, 0.1) is 6.92 Å². The van der Waals surface area contributed by atoms with E-state index in [9.17, 15) is 9.59 Å². The number of carbonyl (C=O) groups is 1. The number of hydrogen-bond acceptors (Lipinski definition) is 6. The van der Waals surface area contributed by atoms with E-state index in [1.54, 1.807) is 22.8 Å². The number of ether oxygens (including phenoxy) is 1. The molecule has 0 N–H and O–H groups in total. The highest BCUT2D eigenvalue weighted by atomic mass is 32.2. The van der Waals surface area contributed by atoms with Crippen molar-refractivity contribution in [2.24, 2.45) is 0 Å². The molecule has 0 bridgehead atoms. The molecule has 0 saturated carbocycles. The lowest BCUT2D eigenvalue weighted by Gasteiger charge is -2.13. The maximum absolute atomic E-state index is 13.2. The number of nitrogens with zero attached hydrogens (tertiary/aromatic N) is 2. The van der Waals surface area contributed by atoms with Gasteiger partial charge in [0.05, 0.1) is 29.5 Å². The molecule has 0 unspecified atom stereocenters. The van der Waals surface area contributed by atoms with Gasteiger partial charge in [0.15, 0.2) is 5.16 Å². The minimum absolute atomic E-state index is 0.128. The molecular weight excluding hydrogens is 388 g/mol. The van der Waals surface area contributed by atoms with E-state index in [0.29, 0.717) is 27.6 Å². The highest BCUT2D eigenvalue weighted by Gasteiger charge is 2.15. The van der Waals surface area contributed by atoms with Crippen LogP contribution in [0.2, 0.25) is 0 Å². The highest BCUT2D eigenvalue weighted by Crippen LogP contribution is 2.25. The van der Waals surface area contributed by atoms with Crippen LogP contribution < -0.4 is 5.56 Å². The summed E-state index contributed by atoms with van der Waals surface area (Å²) >= 11 is 1.37. The van der Waals surface area contributed by atoms with Crippen LogP contribution in [-0.4, -0.2) is 22.6 Å². The van der Waals surface area contributed by atoms with E-state index < -0.39 is 5.97 Å². The molecule has 7 heteroatoms. The third-order valence-corrected chi connectivity index (χ3v) is 5.39. The first-order chi connectivity index (χ1) is 14.1. The van der Waals surface area contributed by atoms with Crippen molar-refractivity contribution >= 4 is 28.6 Å². The quantitative estimate of drug-likeness (QED) is 0.278. The third kappa shape index (κ3) is 3.82. The summed E-state index contributed by atoms with van der Waals surface area (Å²) in [4.78, 5) is 29.5. The molecule has 0 amide bonds. The van der Waals surface area contributed by atoms with Gasteiger partial charge in [0.2, 0.25) is 5.76 Å². The largest absolute Gasteiger partial charge is 0.463 e. The average Bonchev–Trinajstić information content (AvgIpc) is 3.22. The van der Waals surface area contributed by atoms with Crippen LogP contribution in [0.3, 0.4) is 0 Å². The lowest BCUT2D eigenvalue weighted by Crippen LogP contribution is -2.21. The smallest absolute Gasteiger partial charge is 0.373 e. The number of aryl methyl sites for hydroxylation is 1. The zero-order valence-corrected chi connectivity index (χ0v) is 16.7. The molecule has 6 nitrogen and oxygen atoms in total. The number of fused-ring (bicyclic) bond motifs is 1. The van der Waals surface area contributed by atoms with Crippen molar-refractivity contribution in [3.63, 3.8) is 0 Å². The Morgan fingerprint density at radius 3 is 2.62 bits per heavy atom. The topological polar surface area (TPSA) is 74.3 Å². The Morgan fingerprint density at radius 1 is 1.10 bits per heavy atom. The van der Waals surface area contributed by atoms with Crippen molar-refractivity contribution in [1.29, 1.82) is 0 Å². The fraction of sp³-hybridized carbons (Fsp3) is 0.136. The second kappa shape index (κ2) is 7.97. The first-order valence-corrected chi connectivity index (χ1v) is 9.94. The lowest BCUT2D eigenvalue weighted by molar-refractivity contribution is 0.0563. The van der Waals surface area contributed by atoms with Crippen molar-refractivity contribution in [3.8, 4) is 5.69 Å². The third-order valence-electron chi connectivity index (χ3n) is 4.43. The second-order valence-electron chi connectivity index (χ2n) is 6.43. The van der Waals surface area contributed by atoms with Crippen molar-refractivity contribution in [1.82, 2.24) is 9.55 Å². The Kier molecular flexibility index (Phi) is 5.22. The number of rotatable bonds is 5. The Hall–Kier alpha value is -3.32. The molecule has 2 aromatic carbocycles. The number of para-hydroxylation sites is 1. The van der Waals surface area contributed by atoms with E-state index in [4.69, 9.17) is 9.40 Å². The van der Waals surface area contributed by atoms with Gasteiger partial charge in [-0.3, -0.25) is 9.36 Å². The monoisotopic (exact) mass is 406 g/mol. The molecule has 0 aliphatic rings. The minimum Gasteiger partial charge on any atom is -0.463 e. The molecule has 0 aliphatic heterocycles. The Labute approximate surface area is 171 Å². The van der Waals surface area contributed by atoms with Crippen molar-refractivity contribution in [2.45, 2.75) is 17.8 Å². The van der Waals surface area contributed by atoms with E-state index in [1.807, 2.05) is 49.4 Å². The van der Waals surface area contributed by atoms with E-state index in [1.165, 1.54) is 18.9 Å². The van der Waals surface area contributed by atoms with Crippen LogP contribution in [0.1, 0.15) is 21.9 Å². The number of hydrogen-bond donors (Lipinski definition) is 0. The van der Waals surface area contributed by atoms with Crippen LogP contribution in [0.25, 0.3) is 16.6 Å². The lowest BCUT2D eigenvalue weighted by atomic mass is 10.2. The maximum atomic E-state index is 13.2. The van der Waals surface area contributed by atoms with E-state index >= 15 is 0 Å². The molecule has 2 heterocycles. The molecule has 0 aliphatic carbocycles. The number of aromatic nitrogens is 2. The predicted molar refractivity (Wildman–Crippen MR) is 112 cm³/mol. The molecular formula is C22H18N2O4S. The first-order valence-electron chi connectivity index (χ1n) is 8.95. The molecule has 2 aromatic heterocycles. The van der Waals surface area contributed by atoms with Crippen molar-refractivity contribution < 1.29 is 13.9 Å². The summed E-state index contributed by atoms with van der Waals surface area (Å²) in [5, 5.41) is 1.11. The zero-order valence-electron chi connectivity index (χ0n) is 15.9. The second-order valence-corrected chi connectivity index (χ2v) is 7.38. The summed E-state index contributed by atoms with van der Waals surface area (Å²) in [6.45, 7) is 2.00. The van der Waals surface area contributed by atoms with Crippen LogP contribution in [0.5, 0.6) is 0 Å². The van der Waals surface area contributed by atoms with Crippen LogP contribution >= 0.6 is 11.8 Å². The molecule has 4 aromatic rings. The molecule has 4 rings (SSSR count). The molecule has 146 valence electrons. The normalized spacial score (nSPS) is 11.0. The van der Waals surface area contributed by atoms with Crippen molar-refractivity contribution in [2.75, 3.05) is 7.11 Å². The van der Waals surface area contributed by atoms with Gasteiger partial charge >= 0.3 is 5.97 Å². The standard InChI is InChI=1S/C22H18N2O4S/c1-14-7-9-15(10-8-14)24-20(25)17-5-3-4-6-18(17)23-22(24)29-13-16-11-12-19(28-16)21(26)27-2/h3-12H,13H2,1-2H3. The Balaban J connectivity index is 1.75. The SMILES string of the molecule is COC(=O)c1ccc(CSc2nc3ccccc3c(=O)n2-c2ccc(C)cc2)o1. The summed E-state index contributed by atoms with van der Waals surface area (Å²) in [7, 11) is 1.30.